The average Bonchev–Trinajstić information content (AvgIpc) is 3.14. The van der Waals surface area contributed by atoms with Crippen molar-refractivity contribution in [2.75, 3.05) is 39.5 Å². The summed E-state index contributed by atoms with van der Waals surface area (Å²) < 4.78 is 14.0. The van der Waals surface area contributed by atoms with Crippen LogP contribution in [0.3, 0.4) is 0 Å². The number of hydrogen-bond acceptors (Lipinski definition) is 5. The summed E-state index contributed by atoms with van der Waals surface area (Å²) in [5.41, 5.74) is 4.02. The topological polar surface area (TPSA) is 56.6 Å². The van der Waals surface area contributed by atoms with E-state index in [1.54, 1.807) is 0 Å². The first-order chi connectivity index (χ1) is 15.7. The predicted octanol–water partition coefficient (Wildman–Crippen LogP) is 3.99. The number of fused-ring (bicyclic) bond motifs is 1. The first-order valence-corrected chi connectivity index (χ1v) is 11.2. The van der Waals surface area contributed by atoms with E-state index in [0.717, 1.165) is 71.7 Å². The Hall–Kier alpha value is -3.22. The highest BCUT2D eigenvalue weighted by Crippen LogP contribution is 2.39. The Labute approximate surface area is 186 Å². The molecule has 0 bridgehead atoms. The van der Waals surface area contributed by atoms with Crippen LogP contribution in [0.15, 0.2) is 54.6 Å². The van der Waals surface area contributed by atoms with Crippen molar-refractivity contribution in [3.8, 4) is 5.75 Å². The minimum atomic E-state index is -0.0406. The van der Waals surface area contributed by atoms with Crippen LogP contribution >= 0.6 is 0 Å². The lowest BCUT2D eigenvalue weighted by Gasteiger charge is -2.34. The normalized spacial score (nSPS) is 18.7. The van der Waals surface area contributed by atoms with Gasteiger partial charge in [0, 0.05) is 36.1 Å². The lowest BCUT2D eigenvalue weighted by Crippen LogP contribution is -2.42. The van der Waals surface area contributed by atoms with Crippen LogP contribution in [0.4, 0.5) is 0 Å². The largest absolute Gasteiger partial charge is 0.489 e. The van der Waals surface area contributed by atoms with E-state index in [0.29, 0.717) is 12.3 Å². The molecule has 4 aromatic rings. The molecule has 0 radical (unpaired) electrons. The maximum Gasteiger partial charge on any atom is 0.213 e. The smallest absolute Gasteiger partial charge is 0.213 e. The van der Waals surface area contributed by atoms with Crippen LogP contribution in [0.1, 0.15) is 27.8 Å². The SMILES string of the molecule is Cc1c(C(=O)c2ccc3ccccc3n2)c2cccc3c2n1C(CN1CCOCC1)CO3. The van der Waals surface area contributed by atoms with Crippen LogP contribution in [0, 0.1) is 6.92 Å². The summed E-state index contributed by atoms with van der Waals surface area (Å²) in [6.07, 6.45) is 0. The highest BCUT2D eigenvalue weighted by atomic mass is 16.5. The molecule has 2 aliphatic rings. The number of aromatic nitrogens is 2. The van der Waals surface area contributed by atoms with Gasteiger partial charge in [0.05, 0.1) is 35.9 Å². The van der Waals surface area contributed by atoms with Gasteiger partial charge in [0.1, 0.15) is 18.1 Å². The molecule has 4 heterocycles. The number of para-hydroxylation sites is 2. The number of hydrogen-bond donors (Lipinski definition) is 0. The van der Waals surface area contributed by atoms with Crippen LogP contribution in [0.5, 0.6) is 5.75 Å². The fraction of sp³-hybridized carbons (Fsp3) is 0.308. The molecule has 162 valence electrons. The molecule has 0 saturated carbocycles. The Bertz CT molecular complexity index is 1340. The average molecular weight is 428 g/mol. The van der Waals surface area contributed by atoms with Gasteiger partial charge in [0.25, 0.3) is 0 Å². The molecule has 0 amide bonds. The molecule has 2 aromatic carbocycles. The Kier molecular flexibility index (Phi) is 4.70. The molecule has 2 aromatic heterocycles. The molecule has 1 atom stereocenters. The van der Waals surface area contributed by atoms with Crippen molar-refractivity contribution in [1.29, 1.82) is 0 Å². The van der Waals surface area contributed by atoms with Crippen LogP contribution in [-0.4, -0.2) is 59.7 Å². The van der Waals surface area contributed by atoms with E-state index in [4.69, 9.17) is 9.47 Å². The summed E-state index contributed by atoms with van der Waals surface area (Å²) in [6.45, 7) is 6.91. The third-order valence-corrected chi connectivity index (χ3v) is 6.66. The number of nitrogens with zero attached hydrogens (tertiary/aromatic N) is 3. The van der Waals surface area contributed by atoms with Gasteiger partial charge in [-0.2, -0.15) is 0 Å². The fourth-order valence-corrected chi connectivity index (χ4v) is 5.11. The van der Waals surface area contributed by atoms with Crippen molar-refractivity contribution < 1.29 is 14.3 Å². The van der Waals surface area contributed by atoms with Gasteiger partial charge in [0.2, 0.25) is 5.78 Å². The van der Waals surface area contributed by atoms with E-state index >= 15 is 0 Å². The molecule has 1 fully saturated rings. The lowest BCUT2D eigenvalue weighted by molar-refractivity contribution is 0.0272. The van der Waals surface area contributed by atoms with Crippen molar-refractivity contribution >= 4 is 27.6 Å². The first-order valence-electron chi connectivity index (χ1n) is 11.2. The maximum absolute atomic E-state index is 13.7. The molecule has 0 N–H and O–H groups in total. The maximum atomic E-state index is 13.7. The van der Waals surface area contributed by atoms with Crippen molar-refractivity contribution in [1.82, 2.24) is 14.5 Å². The molecule has 32 heavy (non-hydrogen) atoms. The standard InChI is InChI=1S/C26H25N3O3/c1-17-24(26(30)22-10-9-18-5-2-3-7-21(18)27-22)20-6-4-8-23-25(20)29(17)19(16-32-23)15-28-11-13-31-14-12-28/h2-10,19H,11-16H2,1H3. The number of ether oxygens (including phenoxy) is 2. The summed E-state index contributed by atoms with van der Waals surface area (Å²) in [5.74, 6) is 0.801. The number of carbonyl (C=O) groups is 1. The van der Waals surface area contributed by atoms with Crippen LogP contribution < -0.4 is 4.74 Å². The Morgan fingerprint density at radius 3 is 2.78 bits per heavy atom. The monoisotopic (exact) mass is 427 g/mol. The number of rotatable bonds is 4. The van der Waals surface area contributed by atoms with Gasteiger partial charge in [-0.15, -0.1) is 0 Å². The van der Waals surface area contributed by atoms with Crippen molar-refractivity contribution in [2.24, 2.45) is 0 Å². The molecule has 2 aliphatic heterocycles. The van der Waals surface area contributed by atoms with Crippen LogP contribution in [0.25, 0.3) is 21.8 Å². The molecule has 6 heteroatoms. The second-order valence-corrected chi connectivity index (χ2v) is 8.58. The number of pyridine rings is 1. The quantitative estimate of drug-likeness (QED) is 0.461. The number of ketones is 1. The highest BCUT2D eigenvalue weighted by molar-refractivity contribution is 6.18. The third kappa shape index (κ3) is 3.10. The van der Waals surface area contributed by atoms with Crippen molar-refractivity contribution in [3.05, 3.63) is 71.5 Å². The van der Waals surface area contributed by atoms with E-state index in [2.05, 4.69) is 21.4 Å². The molecular weight excluding hydrogens is 402 g/mol. The third-order valence-electron chi connectivity index (χ3n) is 6.66. The van der Waals surface area contributed by atoms with Gasteiger partial charge < -0.3 is 14.0 Å². The molecule has 1 unspecified atom stereocenters. The molecular formula is C26H25N3O3. The van der Waals surface area contributed by atoms with E-state index < -0.39 is 0 Å². The van der Waals surface area contributed by atoms with Crippen molar-refractivity contribution in [2.45, 2.75) is 13.0 Å². The van der Waals surface area contributed by atoms with Gasteiger partial charge in [-0.1, -0.05) is 36.4 Å². The van der Waals surface area contributed by atoms with Gasteiger partial charge in [0.15, 0.2) is 0 Å². The highest BCUT2D eigenvalue weighted by Gasteiger charge is 2.31. The minimum Gasteiger partial charge on any atom is -0.489 e. The van der Waals surface area contributed by atoms with Crippen LogP contribution in [-0.2, 0) is 4.74 Å². The molecule has 0 aliphatic carbocycles. The zero-order valence-corrected chi connectivity index (χ0v) is 18.1. The zero-order chi connectivity index (χ0) is 21.7. The van der Waals surface area contributed by atoms with Crippen molar-refractivity contribution in [3.63, 3.8) is 0 Å². The fourth-order valence-electron chi connectivity index (χ4n) is 5.11. The van der Waals surface area contributed by atoms with Crippen LogP contribution in [0.2, 0.25) is 0 Å². The summed E-state index contributed by atoms with van der Waals surface area (Å²) in [6, 6.07) is 17.8. The summed E-state index contributed by atoms with van der Waals surface area (Å²) in [5, 5.41) is 1.97. The second kappa shape index (κ2) is 7.73. The molecule has 0 spiro atoms. The second-order valence-electron chi connectivity index (χ2n) is 8.58. The lowest BCUT2D eigenvalue weighted by atomic mass is 10.0. The number of morpholine rings is 1. The molecule has 6 rings (SSSR count). The van der Waals surface area contributed by atoms with Gasteiger partial charge >= 0.3 is 0 Å². The van der Waals surface area contributed by atoms with E-state index in [-0.39, 0.29) is 11.8 Å². The summed E-state index contributed by atoms with van der Waals surface area (Å²) in [7, 11) is 0. The molecule has 1 saturated heterocycles. The zero-order valence-electron chi connectivity index (χ0n) is 18.1. The predicted molar refractivity (Wildman–Crippen MR) is 124 cm³/mol. The number of carbonyl (C=O) groups excluding carboxylic acids is 1. The number of benzene rings is 2. The minimum absolute atomic E-state index is 0.0406. The van der Waals surface area contributed by atoms with Gasteiger partial charge in [-0.3, -0.25) is 9.69 Å². The Morgan fingerprint density at radius 2 is 1.91 bits per heavy atom. The summed E-state index contributed by atoms with van der Waals surface area (Å²) >= 11 is 0. The first kappa shape index (κ1) is 19.5. The Morgan fingerprint density at radius 1 is 1.06 bits per heavy atom. The summed E-state index contributed by atoms with van der Waals surface area (Å²) in [4.78, 5) is 20.8. The Balaban J connectivity index is 1.46. The van der Waals surface area contributed by atoms with E-state index in [9.17, 15) is 4.79 Å². The van der Waals surface area contributed by atoms with Gasteiger partial charge in [-0.05, 0) is 25.1 Å². The van der Waals surface area contributed by atoms with E-state index in [1.807, 2.05) is 54.6 Å². The molecule has 6 nitrogen and oxygen atoms in total. The van der Waals surface area contributed by atoms with E-state index in [1.165, 1.54) is 0 Å². The van der Waals surface area contributed by atoms with Gasteiger partial charge in [-0.25, -0.2) is 4.98 Å².